The number of rotatable bonds is 3. The molecule has 0 bridgehead atoms. The van der Waals surface area contributed by atoms with Crippen molar-refractivity contribution in [1.29, 1.82) is 0 Å². The maximum atomic E-state index is 13.9. The molecule has 0 radical (unpaired) electrons. The monoisotopic (exact) mass is 369 g/mol. The number of hydrogen-bond donors (Lipinski definition) is 0. The molecule has 3 heterocycles. The Bertz CT molecular complexity index is 935. The van der Waals surface area contributed by atoms with Gasteiger partial charge in [0.2, 0.25) is 0 Å². The molecule has 134 valence electrons. The number of benzene rings is 1. The van der Waals surface area contributed by atoms with Gasteiger partial charge < -0.3 is 14.4 Å². The number of carbonyl (C=O) groups excluding carboxylic acids is 1. The Balaban J connectivity index is 1.28. The van der Waals surface area contributed by atoms with Crippen LogP contribution < -0.4 is 4.90 Å². The Morgan fingerprint density at radius 2 is 1.85 bits per heavy atom. The molecule has 2 aromatic heterocycles. The van der Waals surface area contributed by atoms with Crippen LogP contribution >= 0.6 is 11.3 Å². The maximum absolute atomic E-state index is 13.9. The van der Waals surface area contributed by atoms with Gasteiger partial charge in [0.15, 0.2) is 0 Å². The number of nitrogens with zero attached hydrogens (tertiary/aromatic N) is 3. The van der Waals surface area contributed by atoms with Crippen LogP contribution in [-0.4, -0.2) is 41.6 Å². The van der Waals surface area contributed by atoms with Gasteiger partial charge >= 0.3 is 0 Å². The Morgan fingerprint density at radius 1 is 1.08 bits per heavy atom. The lowest BCUT2D eigenvalue weighted by Gasteiger charge is -2.36. The third-order valence-electron chi connectivity index (χ3n) is 5.28. The summed E-state index contributed by atoms with van der Waals surface area (Å²) in [6.45, 7) is 2.56. The molecule has 6 heteroatoms. The number of thiophene rings is 1. The number of hydrogen-bond acceptors (Lipinski definition) is 3. The van der Waals surface area contributed by atoms with E-state index < -0.39 is 0 Å². The van der Waals surface area contributed by atoms with E-state index in [-0.39, 0.29) is 11.7 Å². The number of halogens is 1. The zero-order valence-corrected chi connectivity index (χ0v) is 15.2. The van der Waals surface area contributed by atoms with E-state index in [2.05, 4.69) is 17.0 Å². The largest absolute Gasteiger partial charge is 0.366 e. The van der Waals surface area contributed by atoms with Gasteiger partial charge in [-0.25, -0.2) is 4.39 Å². The van der Waals surface area contributed by atoms with Gasteiger partial charge in [-0.2, -0.15) is 0 Å². The van der Waals surface area contributed by atoms with Crippen LogP contribution in [0.5, 0.6) is 0 Å². The number of aromatic nitrogens is 1. The minimum atomic E-state index is -0.201. The second kappa shape index (κ2) is 6.13. The lowest BCUT2D eigenvalue weighted by atomic mass is 10.2. The second-order valence-electron chi connectivity index (χ2n) is 7.10. The third kappa shape index (κ3) is 2.78. The van der Waals surface area contributed by atoms with Gasteiger partial charge in [-0.05, 0) is 31.0 Å². The van der Waals surface area contributed by atoms with Gasteiger partial charge in [0, 0.05) is 50.0 Å². The molecule has 0 spiro atoms. The van der Waals surface area contributed by atoms with Gasteiger partial charge in [-0.15, -0.1) is 11.3 Å². The van der Waals surface area contributed by atoms with Gasteiger partial charge in [0.1, 0.15) is 5.82 Å². The first kappa shape index (κ1) is 15.9. The molecular weight excluding hydrogens is 349 g/mol. The molecule has 0 unspecified atom stereocenters. The molecule has 4 nitrogen and oxygen atoms in total. The van der Waals surface area contributed by atoms with E-state index in [0.717, 1.165) is 10.3 Å². The molecule has 1 amide bonds. The zero-order chi connectivity index (χ0) is 17.7. The average molecular weight is 369 g/mol. The van der Waals surface area contributed by atoms with Crippen LogP contribution in [-0.2, 0) is 0 Å². The highest BCUT2D eigenvalue weighted by molar-refractivity contribution is 7.20. The molecule has 1 aliphatic carbocycles. The van der Waals surface area contributed by atoms with E-state index in [0.29, 0.717) is 37.9 Å². The smallest absolute Gasteiger partial charge is 0.264 e. The lowest BCUT2D eigenvalue weighted by molar-refractivity contribution is 0.0751. The molecule has 3 aromatic rings. The van der Waals surface area contributed by atoms with Gasteiger partial charge in [-0.1, -0.05) is 12.1 Å². The number of amides is 1. The van der Waals surface area contributed by atoms with Crippen molar-refractivity contribution in [3.63, 3.8) is 0 Å². The van der Waals surface area contributed by atoms with Crippen molar-refractivity contribution >= 4 is 33.0 Å². The second-order valence-corrected chi connectivity index (χ2v) is 8.18. The molecule has 2 aliphatic rings. The number of fused-ring (bicyclic) bond motifs is 1. The van der Waals surface area contributed by atoms with Crippen molar-refractivity contribution in [3.05, 3.63) is 53.4 Å². The molecule has 1 aliphatic heterocycles. The first-order valence-corrected chi connectivity index (χ1v) is 9.90. The fraction of sp³-hybridized carbons (Fsp3) is 0.350. The molecule has 26 heavy (non-hydrogen) atoms. The number of para-hydroxylation sites is 1. The minimum absolute atomic E-state index is 0.0948. The highest BCUT2D eigenvalue weighted by Gasteiger charge is 2.26. The van der Waals surface area contributed by atoms with Crippen molar-refractivity contribution in [1.82, 2.24) is 9.47 Å². The van der Waals surface area contributed by atoms with E-state index in [1.165, 1.54) is 23.6 Å². The van der Waals surface area contributed by atoms with Crippen LogP contribution in [0.25, 0.3) is 10.1 Å². The third-order valence-corrected chi connectivity index (χ3v) is 6.36. The van der Waals surface area contributed by atoms with Crippen molar-refractivity contribution in [3.8, 4) is 0 Å². The highest BCUT2D eigenvalue weighted by atomic mass is 32.1. The Morgan fingerprint density at radius 3 is 2.54 bits per heavy atom. The average Bonchev–Trinajstić information content (AvgIpc) is 3.32. The van der Waals surface area contributed by atoms with Gasteiger partial charge in [-0.3, -0.25) is 4.79 Å². The number of piperazine rings is 1. The van der Waals surface area contributed by atoms with Crippen LogP contribution in [0.3, 0.4) is 0 Å². The van der Waals surface area contributed by atoms with Crippen LogP contribution in [0, 0.1) is 5.82 Å². The summed E-state index contributed by atoms with van der Waals surface area (Å²) in [5.74, 6) is -0.106. The van der Waals surface area contributed by atoms with Crippen LogP contribution in [0.15, 0.2) is 42.7 Å². The topological polar surface area (TPSA) is 28.5 Å². The minimum Gasteiger partial charge on any atom is -0.366 e. The Labute approximate surface area is 155 Å². The SMILES string of the molecule is O=C(c1cc2cn(C3CC3)cc2s1)N1CCN(c2ccccc2F)CC1. The summed E-state index contributed by atoms with van der Waals surface area (Å²) in [7, 11) is 0. The Kier molecular flexibility index (Phi) is 3.74. The van der Waals surface area contributed by atoms with Crippen molar-refractivity contribution in [2.45, 2.75) is 18.9 Å². The van der Waals surface area contributed by atoms with E-state index >= 15 is 0 Å². The summed E-state index contributed by atoms with van der Waals surface area (Å²) in [5, 5.41) is 1.16. The molecule has 1 saturated carbocycles. The summed E-state index contributed by atoms with van der Waals surface area (Å²) < 4.78 is 17.4. The molecule has 2 fully saturated rings. The van der Waals surface area contributed by atoms with Gasteiger partial charge in [0.25, 0.3) is 5.91 Å². The zero-order valence-electron chi connectivity index (χ0n) is 14.4. The van der Waals surface area contributed by atoms with E-state index in [9.17, 15) is 9.18 Å². The fourth-order valence-corrected chi connectivity index (χ4v) is 4.70. The molecule has 1 saturated heterocycles. The van der Waals surface area contributed by atoms with Crippen LogP contribution in [0.2, 0.25) is 0 Å². The molecule has 1 aromatic carbocycles. The predicted molar refractivity (Wildman–Crippen MR) is 103 cm³/mol. The van der Waals surface area contributed by atoms with Crippen molar-refractivity contribution < 1.29 is 9.18 Å². The van der Waals surface area contributed by atoms with Crippen molar-refractivity contribution in [2.75, 3.05) is 31.1 Å². The van der Waals surface area contributed by atoms with Gasteiger partial charge in [0.05, 0.1) is 15.3 Å². The lowest BCUT2D eigenvalue weighted by Crippen LogP contribution is -2.48. The van der Waals surface area contributed by atoms with Crippen LogP contribution in [0.1, 0.15) is 28.6 Å². The normalized spacial score (nSPS) is 17.9. The van der Waals surface area contributed by atoms with E-state index in [4.69, 9.17) is 0 Å². The molecule has 5 rings (SSSR count). The van der Waals surface area contributed by atoms with Crippen molar-refractivity contribution in [2.24, 2.45) is 0 Å². The molecular formula is C20H20FN3OS. The predicted octanol–water partition coefficient (Wildman–Crippen LogP) is 4.14. The van der Waals surface area contributed by atoms with Crippen LogP contribution in [0.4, 0.5) is 10.1 Å². The first-order valence-electron chi connectivity index (χ1n) is 9.09. The summed E-state index contributed by atoms with van der Waals surface area (Å²) in [6.07, 6.45) is 6.86. The van der Waals surface area contributed by atoms with E-state index in [1.807, 2.05) is 21.9 Å². The number of anilines is 1. The summed E-state index contributed by atoms with van der Waals surface area (Å²) in [4.78, 5) is 17.6. The summed E-state index contributed by atoms with van der Waals surface area (Å²) in [5.41, 5.74) is 0.624. The standard InChI is InChI=1S/C20H20FN3OS/c21-16-3-1-2-4-17(16)22-7-9-23(10-8-22)20(25)18-11-14-12-24(15-5-6-15)13-19(14)26-18/h1-4,11-13,15H,5-10H2. The fourth-order valence-electron chi connectivity index (χ4n) is 3.66. The van der Waals surface area contributed by atoms with E-state index in [1.54, 1.807) is 23.5 Å². The highest BCUT2D eigenvalue weighted by Crippen LogP contribution is 2.38. The summed E-state index contributed by atoms with van der Waals surface area (Å²) >= 11 is 1.58. The quantitative estimate of drug-likeness (QED) is 0.694. The summed E-state index contributed by atoms with van der Waals surface area (Å²) in [6, 6.07) is 9.52. The maximum Gasteiger partial charge on any atom is 0.264 e. The number of carbonyl (C=O) groups is 1. The molecule has 0 atom stereocenters. The Hall–Kier alpha value is -2.34. The molecule has 0 N–H and O–H groups in total. The first-order chi connectivity index (χ1) is 12.7.